The van der Waals surface area contributed by atoms with Crippen LogP contribution in [0.25, 0.3) is 0 Å². The second-order valence-corrected chi connectivity index (χ2v) is 6.20. The minimum atomic E-state index is -0.329. The fourth-order valence-electron chi connectivity index (χ4n) is 2.74. The van der Waals surface area contributed by atoms with E-state index in [4.69, 9.17) is 9.47 Å². The van der Waals surface area contributed by atoms with Gasteiger partial charge in [-0.25, -0.2) is 9.78 Å². The molecule has 5 nitrogen and oxygen atoms in total. The van der Waals surface area contributed by atoms with Crippen molar-refractivity contribution < 1.29 is 14.3 Å². The van der Waals surface area contributed by atoms with E-state index < -0.39 is 0 Å². The van der Waals surface area contributed by atoms with E-state index in [1.54, 1.807) is 12.5 Å². The second kappa shape index (κ2) is 6.54. The quantitative estimate of drug-likeness (QED) is 0.769. The number of imidazole rings is 1. The molecular formula is C18H22N2O3. The third kappa shape index (κ3) is 3.15. The van der Waals surface area contributed by atoms with Crippen molar-refractivity contribution in [1.82, 2.24) is 9.55 Å². The van der Waals surface area contributed by atoms with Gasteiger partial charge in [-0.1, -0.05) is 37.3 Å². The van der Waals surface area contributed by atoms with E-state index in [1.165, 1.54) is 0 Å². The van der Waals surface area contributed by atoms with Crippen LogP contribution < -0.4 is 0 Å². The van der Waals surface area contributed by atoms with Crippen LogP contribution in [0.4, 0.5) is 0 Å². The van der Waals surface area contributed by atoms with Crippen molar-refractivity contribution in [3.63, 3.8) is 0 Å². The Balaban J connectivity index is 1.71. The first kappa shape index (κ1) is 15.7. The molecular weight excluding hydrogens is 292 g/mol. The Bertz CT molecular complexity index is 656. The molecule has 5 heteroatoms. The summed E-state index contributed by atoms with van der Waals surface area (Å²) in [7, 11) is 0. The molecule has 122 valence electrons. The van der Waals surface area contributed by atoms with Crippen LogP contribution in [0.1, 0.15) is 42.4 Å². The topological polar surface area (TPSA) is 53.3 Å². The van der Waals surface area contributed by atoms with Crippen molar-refractivity contribution in [3.05, 3.63) is 54.1 Å². The zero-order valence-electron chi connectivity index (χ0n) is 13.6. The Kier molecular flexibility index (Phi) is 4.48. The largest absolute Gasteiger partial charge is 0.460 e. The number of rotatable bonds is 6. The lowest BCUT2D eigenvalue weighted by atomic mass is 9.84. The second-order valence-electron chi connectivity index (χ2n) is 6.20. The van der Waals surface area contributed by atoms with Gasteiger partial charge in [-0.15, -0.1) is 0 Å². The number of nitrogens with zero attached hydrogens (tertiary/aromatic N) is 2. The SMILES string of the molecule is CCC1(COC(=O)c2cncn2[C@H](C)c2ccccc2)COC1. The minimum Gasteiger partial charge on any atom is -0.460 e. The fourth-order valence-corrected chi connectivity index (χ4v) is 2.74. The van der Waals surface area contributed by atoms with Crippen molar-refractivity contribution in [1.29, 1.82) is 0 Å². The summed E-state index contributed by atoms with van der Waals surface area (Å²) in [5.41, 5.74) is 1.59. The van der Waals surface area contributed by atoms with Gasteiger partial charge in [-0.05, 0) is 18.9 Å². The van der Waals surface area contributed by atoms with E-state index in [0.29, 0.717) is 25.5 Å². The van der Waals surface area contributed by atoms with Gasteiger partial charge < -0.3 is 14.0 Å². The molecule has 1 saturated heterocycles. The molecule has 2 heterocycles. The van der Waals surface area contributed by atoms with Gasteiger partial charge in [0.25, 0.3) is 0 Å². The van der Waals surface area contributed by atoms with Gasteiger partial charge in [0, 0.05) is 0 Å². The Morgan fingerprint density at radius 2 is 2.13 bits per heavy atom. The summed E-state index contributed by atoms with van der Waals surface area (Å²) < 4.78 is 12.6. The lowest BCUT2D eigenvalue weighted by molar-refractivity contribution is -0.140. The molecule has 3 rings (SSSR count). The maximum Gasteiger partial charge on any atom is 0.356 e. The molecule has 1 aromatic carbocycles. The predicted octanol–water partition coefficient (Wildman–Crippen LogP) is 3.08. The lowest BCUT2D eigenvalue weighted by Gasteiger charge is -2.39. The van der Waals surface area contributed by atoms with Gasteiger partial charge in [0.1, 0.15) is 12.3 Å². The average molecular weight is 314 g/mol. The Labute approximate surface area is 136 Å². The van der Waals surface area contributed by atoms with Gasteiger partial charge in [0.15, 0.2) is 0 Å². The number of hydrogen-bond donors (Lipinski definition) is 0. The number of hydrogen-bond acceptors (Lipinski definition) is 4. The molecule has 0 amide bonds. The number of carbonyl (C=O) groups excluding carboxylic acids is 1. The third-order valence-corrected chi connectivity index (χ3v) is 4.65. The zero-order chi connectivity index (χ0) is 16.3. The van der Waals surface area contributed by atoms with Gasteiger partial charge in [0.2, 0.25) is 0 Å². The summed E-state index contributed by atoms with van der Waals surface area (Å²) in [4.78, 5) is 16.6. The monoisotopic (exact) mass is 314 g/mol. The average Bonchev–Trinajstić information content (AvgIpc) is 3.04. The summed E-state index contributed by atoms with van der Waals surface area (Å²) in [6.45, 7) is 5.86. The van der Waals surface area contributed by atoms with Crippen molar-refractivity contribution in [2.24, 2.45) is 5.41 Å². The van der Waals surface area contributed by atoms with Crippen LogP contribution >= 0.6 is 0 Å². The number of aromatic nitrogens is 2. The van der Waals surface area contributed by atoms with Crippen molar-refractivity contribution >= 4 is 5.97 Å². The molecule has 0 bridgehead atoms. The first-order chi connectivity index (χ1) is 11.2. The highest BCUT2D eigenvalue weighted by Crippen LogP contribution is 2.31. The number of ether oxygens (including phenoxy) is 2. The van der Waals surface area contributed by atoms with Crippen molar-refractivity contribution in [2.45, 2.75) is 26.3 Å². The lowest BCUT2D eigenvalue weighted by Crippen LogP contribution is -2.46. The van der Waals surface area contributed by atoms with Gasteiger partial charge in [0.05, 0.1) is 37.2 Å². The van der Waals surface area contributed by atoms with Crippen LogP contribution in [0.3, 0.4) is 0 Å². The molecule has 1 aliphatic heterocycles. The molecule has 1 fully saturated rings. The van der Waals surface area contributed by atoms with E-state index in [2.05, 4.69) is 11.9 Å². The highest BCUT2D eigenvalue weighted by molar-refractivity contribution is 5.87. The maximum absolute atomic E-state index is 12.4. The third-order valence-electron chi connectivity index (χ3n) is 4.65. The number of carbonyl (C=O) groups is 1. The van der Waals surface area contributed by atoms with E-state index in [9.17, 15) is 4.79 Å². The molecule has 23 heavy (non-hydrogen) atoms. The molecule has 0 saturated carbocycles. The smallest absolute Gasteiger partial charge is 0.356 e. The summed E-state index contributed by atoms with van der Waals surface area (Å²) >= 11 is 0. The van der Waals surface area contributed by atoms with Crippen molar-refractivity contribution in [3.8, 4) is 0 Å². The van der Waals surface area contributed by atoms with Crippen LogP contribution in [-0.4, -0.2) is 35.3 Å². The van der Waals surface area contributed by atoms with Gasteiger partial charge in [-0.2, -0.15) is 0 Å². The molecule has 2 aromatic rings. The molecule has 1 atom stereocenters. The first-order valence-corrected chi connectivity index (χ1v) is 7.97. The maximum atomic E-state index is 12.4. The van der Waals surface area contributed by atoms with Gasteiger partial charge >= 0.3 is 5.97 Å². The highest BCUT2D eigenvalue weighted by atomic mass is 16.5. The summed E-state index contributed by atoms with van der Waals surface area (Å²) in [5, 5.41) is 0. The van der Waals surface area contributed by atoms with Gasteiger partial charge in [-0.3, -0.25) is 0 Å². The Morgan fingerprint density at radius 3 is 2.74 bits per heavy atom. The van der Waals surface area contributed by atoms with Crippen LogP contribution in [0.5, 0.6) is 0 Å². The Morgan fingerprint density at radius 1 is 1.39 bits per heavy atom. The fraction of sp³-hybridized carbons (Fsp3) is 0.444. The molecule has 1 aliphatic rings. The van der Waals surface area contributed by atoms with E-state index in [0.717, 1.165) is 12.0 Å². The summed E-state index contributed by atoms with van der Waals surface area (Å²) in [6.07, 6.45) is 4.19. The predicted molar refractivity (Wildman–Crippen MR) is 86.3 cm³/mol. The molecule has 0 spiro atoms. The van der Waals surface area contributed by atoms with E-state index in [-0.39, 0.29) is 17.4 Å². The van der Waals surface area contributed by atoms with Crippen LogP contribution in [0.15, 0.2) is 42.9 Å². The van der Waals surface area contributed by atoms with Crippen LogP contribution in [-0.2, 0) is 9.47 Å². The zero-order valence-corrected chi connectivity index (χ0v) is 13.6. The molecule has 0 N–H and O–H groups in total. The summed E-state index contributed by atoms with van der Waals surface area (Å²) in [5.74, 6) is -0.329. The van der Waals surface area contributed by atoms with Crippen molar-refractivity contribution in [2.75, 3.05) is 19.8 Å². The molecule has 0 unspecified atom stereocenters. The number of benzene rings is 1. The van der Waals surface area contributed by atoms with E-state index >= 15 is 0 Å². The summed E-state index contributed by atoms with van der Waals surface area (Å²) in [6, 6.07) is 10.1. The minimum absolute atomic E-state index is 0.00838. The molecule has 0 aliphatic carbocycles. The van der Waals surface area contributed by atoms with Crippen LogP contribution in [0, 0.1) is 5.41 Å². The van der Waals surface area contributed by atoms with E-state index in [1.807, 2.05) is 41.8 Å². The Hall–Kier alpha value is -2.14. The standard InChI is InChI=1S/C18H22N2O3/c1-3-18(10-22-11-18)12-23-17(21)16-9-19-13-20(16)14(2)15-7-5-4-6-8-15/h4-9,13-14H,3,10-12H2,1-2H3/t14-/m1/s1. The molecule has 1 aromatic heterocycles. The normalized spacial score (nSPS) is 17.3. The number of esters is 1. The first-order valence-electron chi connectivity index (χ1n) is 7.97. The van der Waals surface area contributed by atoms with Crippen LogP contribution in [0.2, 0.25) is 0 Å². The highest BCUT2D eigenvalue weighted by Gasteiger charge is 2.38. The molecule has 0 radical (unpaired) electrons.